The molecule has 1 unspecified atom stereocenters. The number of amides is 1. The van der Waals surface area contributed by atoms with Crippen LogP contribution in [0.3, 0.4) is 0 Å². The van der Waals surface area contributed by atoms with Crippen LogP contribution in [0.15, 0.2) is 18.2 Å². The van der Waals surface area contributed by atoms with Gasteiger partial charge in [-0.05, 0) is 24.1 Å². The van der Waals surface area contributed by atoms with Gasteiger partial charge in [-0.25, -0.2) is 0 Å². The maximum atomic E-state index is 12.0. The van der Waals surface area contributed by atoms with Crippen molar-refractivity contribution in [1.82, 2.24) is 5.32 Å². The van der Waals surface area contributed by atoms with Crippen LogP contribution < -0.4 is 10.1 Å². The van der Waals surface area contributed by atoms with Crippen molar-refractivity contribution in [3.05, 3.63) is 23.8 Å². The molecular weight excluding hydrogens is 298 g/mol. The minimum Gasteiger partial charge on any atom is -0.504 e. The molecule has 18 heavy (non-hydrogen) atoms. The summed E-state index contributed by atoms with van der Waals surface area (Å²) in [4.78, 5) is 12.0. The Morgan fingerprint density at radius 2 is 2.17 bits per heavy atom. The molecule has 0 saturated heterocycles. The van der Waals surface area contributed by atoms with Crippen LogP contribution in [0.1, 0.15) is 24.2 Å². The molecule has 100 valence electrons. The van der Waals surface area contributed by atoms with Crippen LogP contribution in [-0.2, 0) is 0 Å². The Morgan fingerprint density at radius 1 is 1.50 bits per heavy atom. The molecule has 0 saturated carbocycles. The van der Waals surface area contributed by atoms with Crippen LogP contribution in [-0.4, -0.2) is 29.5 Å². The summed E-state index contributed by atoms with van der Waals surface area (Å²) < 4.78 is 4.93. The zero-order valence-electron chi connectivity index (χ0n) is 10.7. The van der Waals surface area contributed by atoms with Crippen molar-refractivity contribution >= 4 is 21.8 Å². The first-order chi connectivity index (χ1) is 8.49. The summed E-state index contributed by atoms with van der Waals surface area (Å²) in [5.74, 6) is 0.448. The predicted molar refractivity (Wildman–Crippen MR) is 74.5 cm³/mol. The molecular formula is C13H18BrNO3. The lowest BCUT2D eigenvalue weighted by molar-refractivity contribution is 0.0931. The quantitative estimate of drug-likeness (QED) is 0.821. The summed E-state index contributed by atoms with van der Waals surface area (Å²) in [6.07, 6.45) is 0. The molecule has 0 aliphatic rings. The molecule has 0 fully saturated rings. The number of phenols is 1. The average Bonchev–Trinajstić information content (AvgIpc) is 2.35. The van der Waals surface area contributed by atoms with Crippen LogP contribution >= 0.6 is 15.9 Å². The standard InChI is InChI=1S/C13H18BrNO3/c1-8(2)10(7-14)15-13(17)9-4-5-12(18-3)11(16)6-9/h4-6,8,10,16H,7H2,1-3H3,(H,15,17). The van der Waals surface area contributed by atoms with Gasteiger partial charge in [-0.2, -0.15) is 0 Å². The molecule has 1 aromatic rings. The molecule has 1 aromatic carbocycles. The Labute approximate surface area is 115 Å². The van der Waals surface area contributed by atoms with E-state index in [2.05, 4.69) is 21.2 Å². The highest BCUT2D eigenvalue weighted by atomic mass is 79.9. The minimum absolute atomic E-state index is 0.0370. The van der Waals surface area contributed by atoms with Crippen molar-refractivity contribution in [3.63, 3.8) is 0 Å². The number of benzene rings is 1. The molecule has 1 rings (SSSR count). The van der Waals surface area contributed by atoms with Crippen molar-refractivity contribution in [3.8, 4) is 11.5 Å². The van der Waals surface area contributed by atoms with Gasteiger partial charge in [0, 0.05) is 16.9 Å². The van der Waals surface area contributed by atoms with E-state index < -0.39 is 0 Å². The van der Waals surface area contributed by atoms with Gasteiger partial charge in [0.2, 0.25) is 0 Å². The monoisotopic (exact) mass is 315 g/mol. The lowest BCUT2D eigenvalue weighted by Crippen LogP contribution is -2.39. The second-order valence-corrected chi connectivity index (χ2v) is 5.01. The fourth-order valence-electron chi connectivity index (χ4n) is 1.47. The first-order valence-corrected chi connectivity index (χ1v) is 6.85. The number of ether oxygens (including phenoxy) is 1. The van der Waals surface area contributed by atoms with Crippen LogP contribution in [0, 0.1) is 5.92 Å². The van der Waals surface area contributed by atoms with Gasteiger partial charge in [0.15, 0.2) is 11.5 Å². The summed E-state index contributed by atoms with van der Waals surface area (Å²) in [5, 5.41) is 13.2. The number of methoxy groups -OCH3 is 1. The summed E-state index contributed by atoms with van der Waals surface area (Å²) in [7, 11) is 1.47. The maximum Gasteiger partial charge on any atom is 0.251 e. The maximum absolute atomic E-state index is 12.0. The largest absolute Gasteiger partial charge is 0.504 e. The zero-order chi connectivity index (χ0) is 13.7. The topological polar surface area (TPSA) is 58.6 Å². The molecule has 0 aliphatic carbocycles. The Bertz CT molecular complexity index is 421. The van der Waals surface area contributed by atoms with Crippen LogP contribution in [0.2, 0.25) is 0 Å². The highest BCUT2D eigenvalue weighted by Gasteiger charge is 2.16. The number of hydrogen-bond acceptors (Lipinski definition) is 3. The van der Waals surface area contributed by atoms with Crippen molar-refractivity contribution in [2.24, 2.45) is 5.92 Å². The number of carbonyl (C=O) groups excluding carboxylic acids is 1. The van der Waals surface area contributed by atoms with Gasteiger partial charge in [-0.1, -0.05) is 29.8 Å². The Morgan fingerprint density at radius 3 is 2.61 bits per heavy atom. The fraction of sp³-hybridized carbons (Fsp3) is 0.462. The molecule has 1 amide bonds. The molecule has 0 bridgehead atoms. The van der Waals surface area contributed by atoms with Gasteiger partial charge >= 0.3 is 0 Å². The number of phenolic OH excluding ortho intramolecular Hbond substituents is 1. The number of alkyl halides is 1. The Hall–Kier alpha value is -1.23. The van der Waals surface area contributed by atoms with Gasteiger partial charge in [-0.3, -0.25) is 4.79 Å². The molecule has 0 aromatic heterocycles. The van der Waals surface area contributed by atoms with E-state index in [-0.39, 0.29) is 17.7 Å². The van der Waals surface area contributed by atoms with Crippen LogP contribution in [0.25, 0.3) is 0 Å². The molecule has 5 heteroatoms. The fourth-order valence-corrected chi connectivity index (χ4v) is 2.38. The highest BCUT2D eigenvalue weighted by Crippen LogP contribution is 2.26. The first kappa shape index (κ1) is 14.8. The average molecular weight is 316 g/mol. The number of hydrogen-bond donors (Lipinski definition) is 2. The van der Waals surface area contributed by atoms with E-state index in [1.807, 2.05) is 13.8 Å². The summed E-state index contributed by atoms with van der Waals surface area (Å²) >= 11 is 3.37. The number of halogens is 1. The van der Waals surface area contributed by atoms with Crippen molar-refractivity contribution < 1.29 is 14.6 Å². The number of rotatable bonds is 5. The van der Waals surface area contributed by atoms with Gasteiger partial charge in [-0.15, -0.1) is 0 Å². The lowest BCUT2D eigenvalue weighted by atomic mass is 10.1. The van der Waals surface area contributed by atoms with Crippen molar-refractivity contribution in [2.75, 3.05) is 12.4 Å². The third kappa shape index (κ3) is 3.63. The van der Waals surface area contributed by atoms with E-state index in [9.17, 15) is 9.90 Å². The number of aromatic hydroxyl groups is 1. The molecule has 0 radical (unpaired) electrons. The van der Waals surface area contributed by atoms with E-state index in [0.717, 1.165) is 0 Å². The van der Waals surface area contributed by atoms with E-state index in [1.54, 1.807) is 12.1 Å². The number of nitrogens with one attached hydrogen (secondary N) is 1. The minimum atomic E-state index is -0.203. The van der Waals surface area contributed by atoms with Crippen molar-refractivity contribution in [1.29, 1.82) is 0 Å². The lowest BCUT2D eigenvalue weighted by Gasteiger charge is -2.20. The van der Waals surface area contributed by atoms with Crippen molar-refractivity contribution in [2.45, 2.75) is 19.9 Å². The van der Waals surface area contributed by atoms with E-state index in [0.29, 0.717) is 22.6 Å². The Balaban J connectivity index is 2.81. The van der Waals surface area contributed by atoms with Crippen LogP contribution in [0.4, 0.5) is 0 Å². The van der Waals surface area contributed by atoms with Crippen LogP contribution in [0.5, 0.6) is 11.5 Å². The predicted octanol–water partition coefficient (Wildman–Crippen LogP) is 2.55. The third-order valence-electron chi connectivity index (χ3n) is 2.73. The molecule has 4 nitrogen and oxygen atoms in total. The summed E-state index contributed by atoms with van der Waals surface area (Å²) in [5.41, 5.74) is 0.417. The SMILES string of the molecule is COc1ccc(C(=O)NC(CBr)C(C)C)cc1O. The number of carbonyl (C=O) groups is 1. The first-order valence-electron chi connectivity index (χ1n) is 5.73. The second kappa shape index (κ2) is 6.64. The third-order valence-corrected chi connectivity index (χ3v) is 3.43. The smallest absolute Gasteiger partial charge is 0.251 e. The van der Waals surface area contributed by atoms with E-state index >= 15 is 0 Å². The Kier molecular flexibility index (Phi) is 5.47. The molecule has 0 heterocycles. The molecule has 1 atom stereocenters. The van der Waals surface area contributed by atoms with Gasteiger partial charge in [0.1, 0.15) is 0 Å². The zero-order valence-corrected chi connectivity index (χ0v) is 12.3. The summed E-state index contributed by atoms with van der Waals surface area (Å²) in [6.45, 7) is 4.08. The molecule has 0 aliphatic heterocycles. The van der Waals surface area contributed by atoms with Gasteiger partial charge in [0.05, 0.1) is 7.11 Å². The van der Waals surface area contributed by atoms with Gasteiger partial charge < -0.3 is 15.2 Å². The molecule has 2 N–H and O–H groups in total. The van der Waals surface area contributed by atoms with E-state index in [4.69, 9.17) is 4.74 Å². The second-order valence-electron chi connectivity index (χ2n) is 4.36. The summed E-state index contributed by atoms with van der Waals surface area (Å²) in [6, 6.07) is 4.66. The normalized spacial score (nSPS) is 12.3. The van der Waals surface area contributed by atoms with E-state index in [1.165, 1.54) is 13.2 Å². The molecule has 0 spiro atoms. The highest BCUT2D eigenvalue weighted by molar-refractivity contribution is 9.09. The van der Waals surface area contributed by atoms with Gasteiger partial charge in [0.25, 0.3) is 5.91 Å².